The van der Waals surface area contributed by atoms with Gasteiger partial charge in [-0.2, -0.15) is 0 Å². The van der Waals surface area contributed by atoms with Crippen LogP contribution < -0.4 is 20.1 Å². The lowest BCUT2D eigenvalue weighted by Crippen LogP contribution is -2.34. The first kappa shape index (κ1) is 20.7. The molecule has 1 amide bonds. The molecule has 27 heavy (non-hydrogen) atoms. The van der Waals surface area contributed by atoms with Gasteiger partial charge in [-0.15, -0.1) is 0 Å². The zero-order chi connectivity index (χ0) is 19.6. The van der Waals surface area contributed by atoms with Gasteiger partial charge in [-0.25, -0.2) is 0 Å². The maximum atomic E-state index is 12.5. The van der Waals surface area contributed by atoms with Gasteiger partial charge >= 0.3 is 0 Å². The summed E-state index contributed by atoms with van der Waals surface area (Å²) in [6.07, 6.45) is 2.07. The number of ether oxygens (including phenoxy) is 2. The van der Waals surface area contributed by atoms with E-state index in [-0.39, 0.29) is 17.1 Å². The maximum Gasteiger partial charge on any atom is 0.257 e. The fraction of sp³-hybridized carbons (Fsp3) is 0.333. The number of para-hydroxylation sites is 2. The monoisotopic (exact) mass is 386 g/mol. The van der Waals surface area contributed by atoms with Gasteiger partial charge in [0.05, 0.1) is 18.4 Å². The maximum absolute atomic E-state index is 12.5. The zero-order valence-corrected chi connectivity index (χ0v) is 16.8. The van der Waals surface area contributed by atoms with Crippen molar-refractivity contribution in [3.8, 4) is 11.5 Å². The third kappa shape index (κ3) is 6.90. The van der Waals surface area contributed by atoms with Gasteiger partial charge in [-0.05, 0) is 62.8 Å². The number of rotatable bonds is 8. The number of benzene rings is 2. The van der Waals surface area contributed by atoms with Crippen LogP contribution in [0.5, 0.6) is 11.5 Å². The largest absolute Gasteiger partial charge is 0.494 e. The lowest BCUT2D eigenvalue weighted by Gasteiger charge is -2.16. The van der Waals surface area contributed by atoms with Crippen LogP contribution in [-0.4, -0.2) is 23.7 Å². The fourth-order valence-corrected chi connectivity index (χ4v) is 2.52. The highest BCUT2D eigenvalue weighted by molar-refractivity contribution is 7.80. The van der Waals surface area contributed by atoms with Gasteiger partial charge in [0.15, 0.2) is 5.11 Å². The third-order valence-corrected chi connectivity index (χ3v) is 3.79. The summed E-state index contributed by atoms with van der Waals surface area (Å²) in [5, 5.41) is 5.91. The van der Waals surface area contributed by atoms with E-state index in [1.807, 2.05) is 44.2 Å². The Labute approximate surface area is 166 Å². The average molecular weight is 387 g/mol. The van der Waals surface area contributed by atoms with Crippen LogP contribution in [-0.2, 0) is 0 Å². The Morgan fingerprint density at radius 3 is 2.67 bits per heavy atom. The van der Waals surface area contributed by atoms with Crippen LogP contribution in [0.15, 0.2) is 48.5 Å². The standard InChI is InChI=1S/C21H26N2O3S/c1-4-5-13-25-17-10-8-9-16(14-17)20(24)23-21(27)22-18-11-6-7-12-19(18)26-15(2)3/h6-12,14-15H,4-5,13H2,1-3H3,(H2,22,23,24,27). The Kier molecular flexibility index (Phi) is 8.07. The predicted molar refractivity (Wildman–Crippen MR) is 113 cm³/mol. The van der Waals surface area contributed by atoms with Crippen LogP contribution in [0.2, 0.25) is 0 Å². The fourth-order valence-electron chi connectivity index (χ4n) is 2.32. The number of hydrogen-bond acceptors (Lipinski definition) is 4. The van der Waals surface area contributed by atoms with Crippen molar-refractivity contribution < 1.29 is 14.3 Å². The molecule has 0 radical (unpaired) electrons. The third-order valence-electron chi connectivity index (χ3n) is 3.59. The SMILES string of the molecule is CCCCOc1cccc(C(=O)NC(=S)Nc2ccccc2OC(C)C)c1. The molecule has 2 N–H and O–H groups in total. The Morgan fingerprint density at radius 1 is 1.15 bits per heavy atom. The Hall–Kier alpha value is -2.60. The first-order valence-corrected chi connectivity index (χ1v) is 9.51. The number of thiocarbonyl (C=S) groups is 1. The molecule has 0 unspecified atom stereocenters. The van der Waals surface area contributed by atoms with E-state index in [2.05, 4.69) is 17.6 Å². The minimum atomic E-state index is -0.296. The van der Waals surface area contributed by atoms with Crippen molar-refractivity contribution >= 4 is 28.9 Å². The van der Waals surface area contributed by atoms with E-state index < -0.39 is 0 Å². The molecular formula is C21H26N2O3S. The molecule has 2 rings (SSSR count). The van der Waals surface area contributed by atoms with Crippen molar-refractivity contribution in [1.29, 1.82) is 0 Å². The predicted octanol–water partition coefficient (Wildman–Crippen LogP) is 4.78. The molecule has 0 aliphatic rings. The van der Waals surface area contributed by atoms with Crippen molar-refractivity contribution in [3.05, 3.63) is 54.1 Å². The minimum Gasteiger partial charge on any atom is -0.494 e. The van der Waals surface area contributed by atoms with E-state index in [4.69, 9.17) is 21.7 Å². The van der Waals surface area contributed by atoms with Crippen molar-refractivity contribution in [2.45, 2.75) is 39.7 Å². The Bertz CT molecular complexity index is 778. The van der Waals surface area contributed by atoms with Crippen LogP contribution in [0, 0.1) is 0 Å². The van der Waals surface area contributed by atoms with Crippen LogP contribution in [0.25, 0.3) is 0 Å². The highest BCUT2D eigenvalue weighted by Gasteiger charge is 2.11. The van der Waals surface area contributed by atoms with Gasteiger partial charge in [-0.1, -0.05) is 31.5 Å². The molecule has 0 saturated carbocycles. The first-order valence-electron chi connectivity index (χ1n) is 9.10. The number of hydrogen-bond donors (Lipinski definition) is 2. The molecule has 0 heterocycles. The lowest BCUT2D eigenvalue weighted by atomic mass is 10.2. The number of anilines is 1. The summed E-state index contributed by atoms with van der Waals surface area (Å²) in [5.41, 5.74) is 1.19. The van der Waals surface area contributed by atoms with E-state index in [0.717, 1.165) is 12.8 Å². The van der Waals surface area contributed by atoms with Gasteiger partial charge in [0, 0.05) is 5.56 Å². The summed E-state index contributed by atoms with van der Waals surface area (Å²) in [7, 11) is 0. The Balaban J connectivity index is 1.98. The van der Waals surface area contributed by atoms with E-state index in [1.54, 1.807) is 18.2 Å². The molecule has 2 aromatic rings. The summed E-state index contributed by atoms with van der Waals surface area (Å²) in [5.74, 6) is 1.05. The zero-order valence-electron chi connectivity index (χ0n) is 16.0. The first-order chi connectivity index (χ1) is 13.0. The van der Waals surface area contributed by atoms with Crippen molar-refractivity contribution in [2.75, 3.05) is 11.9 Å². The van der Waals surface area contributed by atoms with Crippen LogP contribution >= 0.6 is 12.2 Å². The van der Waals surface area contributed by atoms with Gasteiger partial charge in [-0.3, -0.25) is 10.1 Å². The van der Waals surface area contributed by atoms with Gasteiger partial charge in [0.2, 0.25) is 0 Å². The molecule has 0 fully saturated rings. The molecule has 0 atom stereocenters. The van der Waals surface area contributed by atoms with Gasteiger partial charge < -0.3 is 14.8 Å². The summed E-state index contributed by atoms with van der Waals surface area (Å²) < 4.78 is 11.4. The van der Waals surface area contributed by atoms with Crippen molar-refractivity contribution in [1.82, 2.24) is 5.32 Å². The molecule has 144 valence electrons. The number of unbranched alkanes of at least 4 members (excludes halogenated alkanes) is 1. The molecule has 5 nitrogen and oxygen atoms in total. The van der Waals surface area contributed by atoms with Crippen LogP contribution in [0.1, 0.15) is 44.0 Å². The molecule has 0 aromatic heterocycles. The molecule has 0 saturated heterocycles. The normalized spacial score (nSPS) is 10.4. The molecule has 0 spiro atoms. The summed E-state index contributed by atoms with van der Waals surface area (Å²) in [4.78, 5) is 12.5. The molecule has 2 aromatic carbocycles. The lowest BCUT2D eigenvalue weighted by molar-refractivity contribution is 0.0977. The highest BCUT2D eigenvalue weighted by Crippen LogP contribution is 2.24. The number of amides is 1. The summed E-state index contributed by atoms with van der Waals surface area (Å²) in [6.45, 7) is 6.64. The van der Waals surface area contributed by atoms with E-state index in [1.165, 1.54) is 0 Å². The quantitative estimate of drug-likeness (QED) is 0.505. The summed E-state index contributed by atoms with van der Waals surface area (Å²) in [6, 6.07) is 14.5. The van der Waals surface area contributed by atoms with Crippen LogP contribution in [0.3, 0.4) is 0 Å². The molecular weight excluding hydrogens is 360 g/mol. The number of carbonyl (C=O) groups excluding carboxylic acids is 1. The topological polar surface area (TPSA) is 59.6 Å². The van der Waals surface area contributed by atoms with Crippen molar-refractivity contribution in [3.63, 3.8) is 0 Å². The number of nitrogens with one attached hydrogen (secondary N) is 2. The van der Waals surface area contributed by atoms with Crippen LogP contribution in [0.4, 0.5) is 5.69 Å². The Morgan fingerprint density at radius 2 is 1.93 bits per heavy atom. The number of carbonyl (C=O) groups is 1. The second kappa shape index (κ2) is 10.5. The van der Waals surface area contributed by atoms with Crippen molar-refractivity contribution in [2.24, 2.45) is 0 Å². The molecule has 6 heteroatoms. The molecule has 0 bridgehead atoms. The van der Waals surface area contributed by atoms with E-state index >= 15 is 0 Å². The summed E-state index contributed by atoms with van der Waals surface area (Å²) >= 11 is 5.27. The van der Waals surface area contributed by atoms with E-state index in [0.29, 0.717) is 29.4 Å². The van der Waals surface area contributed by atoms with Gasteiger partial charge in [0.1, 0.15) is 11.5 Å². The average Bonchev–Trinajstić information content (AvgIpc) is 2.63. The smallest absolute Gasteiger partial charge is 0.257 e. The highest BCUT2D eigenvalue weighted by atomic mass is 32.1. The second-order valence-electron chi connectivity index (χ2n) is 6.30. The second-order valence-corrected chi connectivity index (χ2v) is 6.71. The van der Waals surface area contributed by atoms with E-state index in [9.17, 15) is 4.79 Å². The molecule has 0 aliphatic heterocycles. The minimum absolute atomic E-state index is 0.0339. The van der Waals surface area contributed by atoms with Gasteiger partial charge in [0.25, 0.3) is 5.91 Å². The molecule has 0 aliphatic carbocycles.